The Bertz CT molecular complexity index is 6090. The van der Waals surface area contributed by atoms with E-state index < -0.39 is 0 Å². The Hall–Kier alpha value is -11.5. The van der Waals surface area contributed by atoms with E-state index in [4.69, 9.17) is 0 Å². The zero-order chi connectivity index (χ0) is 57.8. The molecule has 2 aliphatic rings. The normalized spacial score (nSPS) is 14.3. The number of rotatable bonds is 0. The Kier molecular flexibility index (Phi) is 7.83. The number of amides is 4. The summed E-state index contributed by atoms with van der Waals surface area (Å²) in [5.41, 5.74) is 0.908. The zero-order valence-corrected chi connectivity index (χ0v) is 45.9. The maximum atomic E-state index is 13.5. The van der Waals surface area contributed by atoms with E-state index in [1.807, 2.05) is 72.8 Å². The first-order valence-corrected chi connectivity index (χ1v) is 28.4. The minimum Gasteiger partial charge on any atom is -0.277 e. The molecule has 12 nitrogen and oxygen atoms in total. The van der Waals surface area contributed by atoms with Gasteiger partial charge in [-0.15, -0.1) is 0 Å². The molecule has 0 bridgehead atoms. The minimum atomic E-state index is -0.309. The number of hydrogen-bond donors (Lipinski definition) is 0. The second-order valence-electron chi connectivity index (χ2n) is 23.9. The quantitative estimate of drug-likeness (QED) is 0.0826. The lowest BCUT2D eigenvalue weighted by atomic mass is 9.77. The van der Waals surface area contributed by atoms with Gasteiger partial charge in [0.25, 0.3) is 45.9 Å². The predicted molar refractivity (Wildman–Crippen MR) is 345 cm³/mol. The van der Waals surface area contributed by atoms with Crippen LogP contribution in [0.25, 0.3) is 183 Å². The van der Waals surface area contributed by atoms with Crippen molar-refractivity contribution in [3.05, 3.63) is 209 Å². The molecule has 0 saturated carbocycles. The van der Waals surface area contributed by atoms with Crippen molar-refractivity contribution in [1.29, 1.82) is 0 Å². The molecule has 0 spiro atoms. The SMILES string of the molecule is CN1C(=O)c2ccc3c4c2c(ccc4c2c4ccccc4c4c5ccc6c7c(ccc(c75)c5c7ccccc7c3c2c54)C(=O)N(C)C6=O)C1=O.Cn1c(=O)c2cc3ccc4cc5c(=O)n(C)c(=O)c6cc7ccc8cc(c1=O)c2c1c3c4c(c56)c7c81. The van der Waals surface area contributed by atoms with Gasteiger partial charge in [-0.25, -0.2) is 0 Å². The van der Waals surface area contributed by atoms with Crippen LogP contribution in [0.4, 0.5) is 0 Å². The fraction of sp³-hybridized carbons (Fsp3) is 0.0541. The third-order valence-corrected chi connectivity index (χ3v) is 20.2. The van der Waals surface area contributed by atoms with Gasteiger partial charge in [-0.05, 0) is 178 Å². The average molecular weight is 1110 g/mol. The zero-order valence-electron chi connectivity index (χ0n) is 45.9. The number of carbonyl (C=O) groups is 4. The van der Waals surface area contributed by atoms with Crippen LogP contribution in [0.5, 0.6) is 0 Å². The summed E-state index contributed by atoms with van der Waals surface area (Å²) in [6.07, 6.45) is 0. The van der Waals surface area contributed by atoms with Crippen LogP contribution in [-0.4, -0.2) is 56.7 Å². The topological polar surface area (TPSA) is 153 Å². The van der Waals surface area contributed by atoms with Crippen molar-refractivity contribution in [3.8, 4) is 0 Å². The number of fused-ring (bicyclic) bond motifs is 10. The second kappa shape index (κ2) is 14.6. The number of nitrogens with zero attached hydrogens (tertiary/aromatic N) is 4. The van der Waals surface area contributed by atoms with E-state index in [-0.39, 0.29) is 45.9 Å². The number of hydrogen-bond acceptors (Lipinski definition) is 8. The van der Waals surface area contributed by atoms with Gasteiger partial charge in [0.05, 0.1) is 0 Å². The van der Waals surface area contributed by atoms with Crippen molar-refractivity contribution >= 4 is 207 Å². The molecule has 0 unspecified atom stereocenters. The van der Waals surface area contributed by atoms with Crippen molar-refractivity contribution in [2.75, 3.05) is 14.1 Å². The summed E-state index contributed by atoms with van der Waals surface area (Å²) >= 11 is 0. The van der Waals surface area contributed by atoms with E-state index >= 15 is 0 Å². The van der Waals surface area contributed by atoms with E-state index in [1.165, 1.54) is 33.0 Å². The van der Waals surface area contributed by atoms with Crippen molar-refractivity contribution in [2.45, 2.75) is 0 Å². The molecule has 4 heterocycles. The molecule has 2 aliphatic heterocycles. The highest BCUT2D eigenvalue weighted by Gasteiger charge is 2.36. The largest absolute Gasteiger partial charge is 0.277 e. The van der Waals surface area contributed by atoms with Crippen molar-refractivity contribution in [1.82, 2.24) is 18.9 Å². The standard InChI is InChI=1S/C44H22N2O4.C30H14N2O4/c1-45-41(47)27-15-11-23-31-19-7-3-5-9-21(19)33-25-13-17-29-38-30(44(50)46(2)43(29)49)18-14-26(36(25)38)34-22-10-6-4-8-20(22)32(39(31)40(33)34)24-12-16-28(42(45)48)37(27)35(23)24;1-31-27(33)15-7-11-3-5-13-9-17-24-18(30(36)32(2)29(17)35)10-14-6-4-12-8-16(28(31)34)23(15)25-19(11)21(13)26(24)22(14)20(12)25/h3-18H,1-2H3;3-10H,1-2H3. The van der Waals surface area contributed by atoms with Crippen molar-refractivity contribution < 1.29 is 19.2 Å². The number of carbonyl (C=O) groups excluding carboxylic acids is 4. The summed E-state index contributed by atoms with van der Waals surface area (Å²) in [5, 5.41) is 30.8. The van der Waals surface area contributed by atoms with Crippen LogP contribution >= 0.6 is 0 Å². The van der Waals surface area contributed by atoms with Crippen LogP contribution in [0.1, 0.15) is 41.4 Å². The minimum absolute atomic E-state index is 0.295. The molecular formula is C74H36N4O8. The molecule has 86 heavy (non-hydrogen) atoms. The Morgan fingerprint density at radius 1 is 0.209 bits per heavy atom. The highest BCUT2D eigenvalue weighted by atomic mass is 16.2. The van der Waals surface area contributed by atoms with Gasteiger partial charge in [0.2, 0.25) is 0 Å². The lowest BCUT2D eigenvalue weighted by Crippen LogP contribution is -2.36. The lowest BCUT2D eigenvalue weighted by Gasteiger charge is -2.28. The summed E-state index contributed by atoms with van der Waals surface area (Å²) < 4.78 is 2.37. The number of imide groups is 2. The van der Waals surface area contributed by atoms with E-state index in [9.17, 15) is 38.4 Å². The van der Waals surface area contributed by atoms with Crippen molar-refractivity contribution in [2.24, 2.45) is 14.1 Å². The molecule has 400 valence electrons. The number of aromatic nitrogens is 2. The summed E-state index contributed by atoms with van der Waals surface area (Å²) in [6, 6.07) is 48.0. The molecular weight excluding hydrogens is 1070 g/mol. The van der Waals surface area contributed by atoms with Crippen LogP contribution in [-0.2, 0) is 14.1 Å². The molecule has 0 fully saturated rings. The molecule has 0 aliphatic carbocycles. The van der Waals surface area contributed by atoms with Gasteiger partial charge in [-0.1, -0.05) is 97.1 Å². The van der Waals surface area contributed by atoms with Crippen LogP contribution in [0.2, 0.25) is 0 Å². The molecule has 17 aromatic carbocycles. The van der Waals surface area contributed by atoms with Gasteiger partial charge in [0.15, 0.2) is 0 Å². The molecule has 0 N–H and O–H groups in total. The first kappa shape index (κ1) is 46.0. The maximum absolute atomic E-state index is 13.5. The fourth-order valence-corrected chi connectivity index (χ4v) is 16.6. The average Bonchev–Trinajstić information content (AvgIpc) is 0.678. The molecule has 2 aromatic heterocycles. The predicted octanol–water partition coefficient (Wildman–Crippen LogP) is 13.6. The summed E-state index contributed by atoms with van der Waals surface area (Å²) in [5.74, 6) is -1.18. The van der Waals surface area contributed by atoms with Gasteiger partial charge in [-0.3, -0.25) is 57.3 Å². The molecule has 0 atom stereocenters. The molecule has 0 radical (unpaired) electrons. The lowest BCUT2D eigenvalue weighted by molar-refractivity contribution is 0.0635. The Labute approximate surface area is 480 Å². The highest BCUT2D eigenvalue weighted by Crippen LogP contribution is 2.56. The highest BCUT2D eigenvalue weighted by molar-refractivity contribution is 6.55. The maximum Gasteiger partial charge on any atom is 0.261 e. The molecule has 12 heteroatoms. The van der Waals surface area contributed by atoms with Crippen LogP contribution in [0.15, 0.2) is 165 Å². The Morgan fingerprint density at radius 2 is 0.430 bits per heavy atom. The van der Waals surface area contributed by atoms with Crippen LogP contribution < -0.4 is 22.2 Å². The number of pyridine rings is 2. The molecule has 0 saturated heterocycles. The summed E-state index contributed by atoms with van der Waals surface area (Å²) in [7, 11) is 6.13. The van der Waals surface area contributed by atoms with E-state index in [0.29, 0.717) is 65.3 Å². The van der Waals surface area contributed by atoms with E-state index in [0.717, 1.165) is 140 Å². The fourth-order valence-electron chi connectivity index (χ4n) is 16.6. The van der Waals surface area contributed by atoms with Crippen LogP contribution in [0.3, 0.4) is 0 Å². The van der Waals surface area contributed by atoms with Gasteiger partial charge in [-0.2, -0.15) is 0 Å². The number of benzene rings is 17. The third-order valence-electron chi connectivity index (χ3n) is 20.2. The van der Waals surface area contributed by atoms with Gasteiger partial charge in [0.1, 0.15) is 0 Å². The first-order valence-electron chi connectivity index (χ1n) is 28.4. The smallest absolute Gasteiger partial charge is 0.261 e. The van der Waals surface area contributed by atoms with Crippen LogP contribution in [0, 0.1) is 0 Å². The Balaban J connectivity index is 0.000000129. The van der Waals surface area contributed by atoms with Gasteiger partial charge < -0.3 is 0 Å². The van der Waals surface area contributed by atoms with Gasteiger partial charge >= 0.3 is 0 Å². The molecule has 21 rings (SSSR count). The monoisotopic (exact) mass is 1110 g/mol. The molecule has 4 amide bonds. The van der Waals surface area contributed by atoms with E-state index in [2.05, 4.69) is 72.8 Å². The second-order valence-corrected chi connectivity index (χ2v) is 23.9. The van der Waals surface area contributed by atoms with Gasteiger partial charge in [0, 0.05) is 104 Å². The summed E-state index contributed by atoms with van der Waals surface area (Å²) in [6.45, 7) is 0. The summed E-state index contributed by atoms with van der Waals surface area (Å²) in [4.78, 5) is 110. The first-order chi connectivity index (χ1) is 41.7. The Morgan fingerprint density at radius 3 is 0.686 bits per heavy atom. The van der Waals surface area contributed by atoms with Crippen molar-refractivity contribution in [3.63, 3.8) is 0 Å². The molecule has 19 aromatic rings. The third kappa shape index (κ3) is 4.85. The van der Waals surface area contributed by atoms with E-state index in [1.54, 1.807) is 14.1 Å².